The topological polar surface area (TPSA) is 9.23 Å². The normalized spacial score (nSPS) is 12.4. The fraction of sp³-hybridized carbons (Fsp3) is 0.333. The fourth-order valence-electron chi connectivity index (χ4n) is 1.87. The van der Waals surface area contributed by atoms with E-state index in [4.69, 9.17) is 4.74 Å². The molecule has 0 amide bonds. The number of aryl methyl sites for hydroxylation is 1. The molecule has 0 bridgehead atoms. The van der Waals surface area contributed by atoms with Gasteiger partial charge in [-0.15, -0.1) is 11.3 Å². The quantitative estimate of drug-likeness (QED) is 0.548. The minimum Gasteiger partial charge on any atom is -0.494 e. The molecular formula is C15H16Br2OS. The van der Waals surface area contributed by atoms with Crippen molar-refractivity contribution in [1.82, 2.24) is 0 Å². The summed E-state index contributed by atoms with van der Waals surface area (Å²) in [6.07, 6.45) is 1.03. The van der Waals surface area contributed by atoms with Crippen LogP contribution in [0.2, 0.25) is 0 Å². The molecule has 0 N–H and O–H groups in total. The van der Waals surface area contributed by atoms with Gasteiger partial charge in [0, 0.05) is 4.88 Å². The molecule has 1 aromatic carbocycles. The minimum absolute atomic E-state index is 0.209. The Morgan fingerprint density at radius 3 is 2.74 bits per heavy atom. The molecule has 1 aromatic heterocycles. The first-order valence-electron chi connectivity index (χ1n) is 6.24. The van der Waals surface area contributed by atoms with Crippen LogP contribution in [0.1, 0.15) is 34.2 Å². The van der Waals surface area contributed by atoms with Gasteiger partial charge in [0.25, 0.3) is 0 Å². The van der Waals surface area contributed by atoms with Gasteiger partial charge in [0.1, 0.15) is 5.75 Å². The van der Waals surface area contributed by atoms with Crippen molar-refractivity contribution in [3.8, 4) is 5.75 Å². The first-order valence-corrected chi connectivity index (χ1v) is 8.77. The van der Waals surface area contributed by atoms with E-state index in [0.717, 1.165) is 18.8 Å². The van der Waals surface area contributed by atoms with Crippen molar-refractivity contribution in [2.24, 2.45) is 0 Å². The summed E-state index contributed by atoms with van der Waals surface area (Å²) in [5, 5.41) is 0. The lowest BCUT2D eigenvalue weighted by molar-refractivity contribution is 0.317. The molecule has 1 heterocycles. The van der Waals surface area contributed by atoms with Crippen LogP contribution in [-0.4, -0.2) is 6.61 Å². The summed E-state index contributed by atoms with van der Waals surface area (Å²) in [7, 11) is 0. The zero-order valence-corrected chi connectivity index (χ0v) is 14.9. The standard InChI is InChI=1S/C15H16Br2OS/c1-3-7-18-12-6-4-5-11(8-12)15(17)13-9-14(16)19-10(13)2/h4-6,8-9,15H,3,7H2,1-2H3. The number of ether oxygens (including phenoxy) is 1. The zero-order valence-electron chi connectivity index (χ0n) is 11.0. The van der Waals surface area contributed by atoms with Crippen molar-refractivity contribution in [1.29, 1.82) is 0 Å². The van der Waals surface area contributed by atoms with E-state index in [1.165, 1.54) is 19.8 Å². The lowest BCUT2D eigenvalue weighted by atomic mass is 10.1. The third-order valence-corrected chi connectivity index (χ3v) is 5.41. The highest BCUT2D eigenvalue weighted by Crippen LogP contribution is 2.39. The second-order valence-electron chi connectivity index (χ2n) is 4.35. The first kappa shape index (κ1) is 15.1. The lowest BCUT2D eigenvalue weighted by Gasteiger charge is -2.12. The number of alkyl halides is 1. The number of thiophene rings is 1. The van der Waals surface area contributed by atoms with Crippen molar-refractivity contribution in [2.75, 3.05) is 6.61 Å². The highest BCUT2D eigenvalue weighted by atomic mass is 79.9. The summed E-state index contributed by atoms with van der Waals surface area (Å²) < 4.78 is 6.86. The smallest absolute Gasteiger partial charge is 0.119 e. The van der Waals surface area contributed by atoms with Crippen molar-refractivity contribution in [2.45, 2.75) is 25.1 Å². The molecule has 0 fully saturated rings. The molecule has 0 saturated carbocycles. The van der Waals surface area contributed by atoms with Gasteiger partial charge in [-0.05, 0) is 58.6 Å². The van der Waals surface area contributed by atoms with Gasteiger partial charge >= 0.3 is 0 Å². The predicted molar refractivity (Wildman–Crippen MR) is 89.8 cm³/mol. The molecule has 102 valence electrons. The van der Waals surface area contributed by atoms with Crippen LogP contribution in [-0.2, 0) is 0 Å². The number of halogens is 2. The third kappa shape index (κ3) is 3.83. The number of hydrogen-bond acceptors (Lipinski definition) is 2. The van der Waals surface area contributed by atoms with Gasteiger partial charge in [0.2, 0.25) is 0 Å². The summed E-state index contributed by atoms with van der Waals surface area (Å²) in [5.74, 6) is 0.941. The maximum absolute atomic E-state index is 5.69. The third-order valence-electron chi connectivity index (χ3n) is 2.82. The summed E-state index contributed by atoms with van der Waals surface area (Å²) in [5.41, 5.74) is 2.53. The van der Waals surface area contributed by atoms with E-state index < -0.39 is 0 Å². The van der Waals surface area contributed by atoms with Crippen molar-refractivity contribution < 1.29 is 4.74 Å². The number of hydrogen-bond donors (Lipinski definition) is 0. The van der Waals surface area contributed by atoms with E-state index in [2.05, 4.69) is 63.9 Å². The van der Waals surface area contributed by atoms with E-state index in [-0.39, 0.29) is 4.83 Å². The van der Waals surface area contributed by atoms with Gasteiger partial charge in [0.05, 0.1) is 15.2 Å². The largest absolute Gasteiger partial charge is 0.494 e. The summed E-state index contributed by atoms with van der Waals surface area (Å²) in [4.78, 5) is 1.54. The molecule has 1 atom stereocenters. The van der Waals surface area contributed by atoms with E-state index in [1.807, 2.05) is 12.1 Å². The number of benzene rings is 1. The molecule has 2 rings (SSSR count). The van der Waals surface area contributed by atoms with Crippen LogP contribution in [0, 0.1) is 6.92 Å². The predicted octanol–water partition coefficient (Wildman–Crippen LogP) is 6.09. The monoisotopic (exact) mass is 402 g/mol. The Morgan fingerprint density at radius 2 is 2.11 bits per heavy atom. The van der Waals surface area contributed by atoms with Crippen LogP contribution in [0.25, 0.3) is 0 Å². The molecule has 0 aliphatic heterocycles. The lowest BCUT2D eigenvalue weighted by Crippen LogP contribution is -1.97. The van der Waals surface area contributed by atoms with E-state index in [1.54, 1.807) is 11.3 Å². The fourth-order valence-corrected chi connectivity index (χ4v) is 4.53. The van der Waals surface area contributed by atoms with Gasteiger partial charge in [-0.25, -0.2) is 0 Å². The highest BCUT2D eigenvalue weighted by Gasteiger charge is 2.15. The molecule has 4 heteroatoms. The second-order valence-corrected chi connectivity index (χ2v) is 7.90. The molecule has 0 saturated heterocycles. The van der Waals surface area contributed by atoms with Crippen LogP contribution in [0.3, 0.4) is 0 Å². The van der Waals surface area contributed by atoms with Crippen LogP contribution < -0.4 is 4.74 Å². The molecule has 0 aliphatic rings. The van der Waals surface area contributed by atoms with Gasteiger partial charge in [0.15, 0.2) is 0 Å². The SMILES string of the molecule is CCCOc1cccc(C(Br)c2cc(Br)sc2C)c1. The molecule has 1 nitrogen and oxygen atoms in total. The number of rotatable bonds is 5. The molecule has 0 radical (unpaired) electrons. The molecular weight excluding hydrogens is 388 g/mol. The Labute approximate surface area is 135 Å². The van der Waals surface area contributed by atoms with Crippen LogP contribution >= 0.6 is 43.2 Å². The minimum atomic E-state index is 0.209. The van der Waals surface area contributed by atoms with E-state index in [9.17, 15) is 0 Å². The summed E-state index contributed by atoms with van der Waals surface area (Å²) >= 11 is 9.10. The van der Waals surface area contributed by atoms with Gasteiger partial charge < -0.3 is 4.74 Å². The summed E-state index contributed by atoms with van der Waals surface area (Å²) in [6, 6.07) is 10.5. The van der Waals surface area contributed by atoms with Gasteiger partial charge in [-0.3, -0.25) is 0 Å². The molecule has 0 spiro atoms. The van der Waals surface area contributed by atoms with Crippen LogP contribution in [0.15, 0.2) is 34.1 Å². The van der Waals surface area contributed by atoms with Crippen LogP contribution in [0.5, 0.6) is 5.75 Å². The molecule has 1 unspecified atom stereocenters. The van der Waals surface area contributed by atoms with Gasteiger partial charge in [-0.2, -0.15) is 0 Å². The zero-order chi connectivity index (χ0) is 13.8. The highest BCUT2D eigenvalue weighted by molar-refractivity contribution is 9.11. The Kier molecular flexibility index (Phi) is 5.48. The van der Waals surface area contributed by atoms with Gasteiger partial charge in [-0.1, -0.05) is 35.0 Å². The Bertz CT molecular complexity index is 551. The van der Waals surface area contributed by atoms with Crippen molar-refractivity contribution >= 4 is 43.2 Å². The Morgan fingerprint density at radius 1 is 1.32 bits per heavy atom. The average molecular weight is 404 g/mol. The Balaban J connectivity index is 2.23. The second kappa shape index (κ2) is 6.91. The van der Waals surface area contributed by atoms with E-state index in [0.29, 0.717) is 0 Å². The summed E-state index contributed by atoms with van der Waals surface area (Å²) in [6.45, 7) is 5.03. The van der Waals surface area contributed by atoms with Crippen LogP contribution in [0.4, 0.5) is 0 Å². The van der Waals surface area contributed by atoms with E-state index >= 15 is 0 Å². The molecule has 2 aromatic rings. The average Bonchev–Trinajstić information content (AvgIpc) is 2.75. The molecule has 0 aliphatic carbocycles. The maximum atomic E-state index is 5.69. The van der Waals surface area contributed by atoms with Crippen molar-refractivity contribution in [3.05, 3.63) is 50.1 Å². The maximum Gasteiger partial charge on any atom is 0.119 e. The first-order chi connectivity index (χ1) is 9.11. The van der Waals surface area contributed by atoms with Crippen molar-refractivity contribution in [3.63, 3.8) is 0 Å². The molecule has 19 heavy (non-hydrogen) atoms. The Hall–Kier alpha value is -0.320.